The number of benzene rings is 2. The van der Waals surface area contributed by atoms with E-state index in [-0.39, 0.29) is 17.2 Å². The lowest BCUT2D eigenvalue weighted by Crippen LogP contribution is -2.27. The topological polar surface area (TPSA) is 84.3 Å². The molecule has 2 amide bonds. The number of fused-ring (bicyclic) bond motifs is 1. The third-order valence-corrected chi connectivity index (χ3v) is 4.60. The second kappa shape index (κ2) is 8.68. The first-order valence-electron chi connectivity index (χ1n) is 9.55. The number of hydrogen-bond acceptors (Lipinski definition) is 4. The molecule has 0 atom stereocenters. The Morgan fingerprint density at radius 3 is 2.31 bits per heavy atom. The summed E-state index contributed by atoms with van der Waals surface area (Å²) in [6.45, 7) is 2.49. The van der Waals surface area contributed by atoms with E-state index < -0.39 is 5.91 Å². The molecule has 7 heteroatoms. The number of carbonyl (C=O) groups excluding carboxylic acids is 2. The number of hydrogen-bond donors (Lipinski definition) is 1. The third-order valence-electron chi connectivity index (χ3n) is 4.60. The Bertz CT molecular complexity index is 1100. The number of amides is 2. The predicted octanol–water partition coefficient (Wildman–Crippen LogP) is 3.15. The fourth-order valence-corrected chi connectivity index (χ4v) is 3.01. The van der Waals surface area contributed by atoms with Crippen molar-refractivity contribution in [1.82, 2.24) is 14.7 Å². The summed E-state index contributed by atoms with van der Waals surface area (Å²) >= 11 is 0. The van der Waals surface area contributed by atoms with E-state index in [1.807, 2.05) is 6.92 Å². The standard InChI is InChI=1S/C22H24N4O3/c1-4-5-14-26-22(29)18-9-7-6-8-17(18)19(24-26)20(27)23-16-12-10-15(11-13-16)21(28)25(2)3/h6-13H,4-5,14H2,1-3H3,(H,23,27). The zero-order chi connectivity index (χ0) is 21.0. The van der Waals surface area contributed by atoms with Gasteiger partial charge in [0.05, 0.1) is 5.39 Å². The Labute approximate surface area is 169 Å². The highest BCUT2D eigenvalue weighted by atomic mass is 16.2. The first-order valence-corrected chi connectivity index (χ1v) is 9.55. The maximum Gasteiger partial charge on any atom is 0.276 e. The van der Waals surface area contributed by atoms with E-state index in [0.29, 0.717) is 28.6 Å². The highest BCUT2D eigenvalue weighted by Gasteiger charge is 2.17. The molecule has 0 saturated carbocycles. The Hall–Kier alpha value is -3.48. The molecule has 2 aromatic carbocycles. The normalized spacial score (nSPS) is 10.7. The molecule has 0 fully saturated rings. The maximum absolute atomic E-state index is 12.9. The summed E-state index contributed by atoms with van der Waals surface area (Å²) in [4.78, 5) is 39.1. The van der Waals surface area contributed by atoms with Gasteiger partial charge in [-0.2, -0.15) is 5.10 Å². The zero-order valence-corrected chi connectivity index (χ0v) is 16.8. The highest BCUT2D eigenvalue weighted by molar-refractivity contribution is 6.11. The lowest BCUT2D eigenvalue weighted by Gasteiger charge is -2.12. The van der Waals surface area contributed by atoms with Gasteiger partial charge in [-0.1, -0.05) is 31.5 Å². The van der Waals surface area contributed by atoms with Crippen molar-refractivity contribution in [2.45, 2.75) is 26.3 Å². The van der Waals surface area contributed by atoms with Crippen molar-refractivity contribution in [3.05, 3.63) is 70.1 Å². The van der Waals surface area contributed by atoms with Crippen LogP contribution in [-0.2, 0) is 6.54 Å². The van der Waals surface area contributed by atoms with Gasteiger partial charge >= 0.3 is 0 Å². The Morgan fingerprint density at radius 2 is 1.69 bits per heavy atom. The van der Waals surface area contributed by atoms with E-state index >= 15 is 0 Å². The van der Waals surface area contributed by atoms with Crippen LogP contribution in [0.2, 0.25) is 0 Å². The molecule has 0 aliphatic rings. The van der Waals surface area contributed by atoms with Crippen LogP contribution in [0.15, 0.2) is 53.3 Å². The van der Waals surface area contributed by atoms with E-state index in [2.05, 4.69) is 10.4 Å². The van der Waals surface area contributed by atoms with Gasteiger partial charge in [-0.25, -0.2) is 4.68 Å². The molecule has 0 spiro atoms. The fraction of sp³-hybridized carbons (Fsp3) is 0.273. The number of nitrogens with zero attached hydrogens (tertiary/aromatic N) is 3. The molecule has 3 aromatic rings. The minimum absolute atomic E-state index is 0.112. The van der Waals surface area contributed by atoms with Gasteiger partial charge in [-0.05, 0) is 36.8 Å². The molecule has 1 N–H and O–H groups in total. The summed E-state index contributed by atoms with van der Waals surface area (Å²) in [5.74, 6) is -0.517. The summed E-state index contributed by atoms with van der Waals surface area (Å²) in [5, 5.41) is 8.13. The second-order valence-corrected chi connectivity index (χ2v) is 7.01. The second-order valence-electron chi connectivity index (χ2n) is 7.01. The van der Waals surface area contributed by atoms with E-state index in [4.69, 9.17) is 0 Å². The molecule has 0 aliphatic carbocycles. The van der Waals surface area contributed by atoms with E-state index in [1.165, 1.54) is 9.58 Å². The monoisotopic (exact) mass is 392 g/mol. The van der Waals surface area contributed by atoms with Gasteiger partial charge in [0.2, 0.25) is 0 Å². The largest absolute Gasteiger partial charge is 0.345 e. The van der Waals surface area contributed by atoms with Gasteiger partial charge in [0, 0.05) is 37.3 Å². The van der Waals surface area contributed by atoms with Gasteiger partial charge in [0.1, 0.15) is 0 Å². The molecule has 29 heavy (non-hydrogen) atoms. The van der Waals surface area contributed by atoms with Gasteiger partial charge in [0.25, 0.3) is 17.4 Å². The smallest absolute Gasteiger partial charge is 0.276 e. The predicted molar refractivity (Wildman–Crippen MR) is 113 cm³/mol. The molecule has 0 radical (unpaired) electrons. The molecule has 0 bridgehead atoms. The number of carbonyl (C=O) groups is 2. The first kappa shape index (κ1) is 20.3. The summed E-state index contributed by atoms with van der Waals surface area (Å²) in [5.41, 5.74) is 1.08. The molecule has 1 aromatic heterocycles. The van der Waals surface area contributed by atoms with Crippen LogP contribution >= 0.6 is 0 Å². The summed E-state index contributed by atoms with van der Waals surface area (Å²) in [6, 6.07) is 13.6. The van der Waals surface area contributed by atoms with E-state index in [1.54, 1.807) is 62.6 Å². The molecule has 0 aliphatic heterocycles. The van der Waals surface area contributed by atoms with Crippen LogP contribution in [0, 0.1) is 0 Å². The van der Waals surface area contributed by atoms with Crippen molar-refractivity contribution in [3.63, 3.8) is 0 Å². The van der Waals surface area contributed by atoms with Gasteiger partial charge < -0.3 is 10.2 Å². The molecule has 150 valence electrons. The van der Waals surface area contributed by atoms with Crippen molar-refractivity contribution >= 4 is 28.3 Å². The summed E-state index contributed by atoms with van der Waals surface area (Å²) in [7, 11) is 3.37. The zero-order valence-electron chi connectivity index (χ0n) is 16.8. The summed E-state index contributed by atoms with van der Waals surface area (Å²) in [6.07, 6.45) is 1.72. The Kier molecular flexibility index (Phi) is 6.07. The van der Waals surface area contributed by atoms with Crippen molar-refractivity contribution in [2.75, 3.05) is 19.4 Å². The van der Waals surface area contributed by atoms with Gasteiger partial charge in [-0.15, -0.1) is 0 Å². The number of aromatic nitrogens is 2. The number of aryl methyl sites for hydroxylation is 1. The fourth-order valence-electron chi connectivity index (χ4n) is 3.01. The average Bonchev–Trinajstić information content (AvgIpc) is 2.73. The molecule has 7 nitrogen and oxygen atoms in total. The molecule has 0 saturated heterocycles. The molecule has 0 unspecified atom stereocenters. The minimum atomic E-state index is -0.405. The van der Waals surface area contributed by atoms with Crippen LogP contribution in [0.25, 0.3) is 10.8 Å². The highest BCUT2D eigenvalue weighted by Crippen LogP contribution is 2.17. The van der Waals surface area contributed by atoms with Crippen LogP contribution in [0.5, 0.6) is 0 Å². The molecule has 3 rings (SSSR count). The van der Waals surface area contributed by atoms with Crippen molar-refractivity contribution in [1.29, 1.82) is 0 Å². The van der Waals surface area contributed by atoms with Crippen molar-refractivity contribution < 1.29 is 9.59 Å². The first-order chi connectivity index (χ1) is 13.9. The van der Waals surface area contributed by atoms with Crippen LogP contribution in [0.3, 0.4) is 0 Å². The van der Waals surface area contributed by atoms with Crippen LogP contribution in [0.1, 0.15) is 40.6 Å². The van der Waals surface area contributed by atoms with Crippen molar-refractivity contribution in [3.8, 4) is 0 Å². The van der Waals surface area contributed by atoms with Gasteiger partial charge in [-0.3, -0.25) is 14.4 Å². The molecule has 1 heterocycles. The Balaban J connectivity index is 1.93. The lowest BCUT2D eigenvalue weighted by molar-refractivity contribution is 0.0827. The van der Waals surface area contributed by atoms with Crippen LogP contribution < -0.4 is 10.9 Å². The minimum Gasteiger partial charge on any atom is -0.345 e. The number of rotatable bonds is 6. The molecular formula is C22H24N4O3. The number of anilines is 1. The van der Waals surface area contributed by atoms with E-state index in [0.717, 1.165) is 12.8 Å². The molecular weight excluding hydrogens is 368 g/mol. The maximum atomic E-state index is 12.9. The average molecular weight is 392 g/mol. The Morgan fingerprint density at radius 1 is 1.03 bits per heavy atom. The van der Waals surface area contributed by atoms with Crippen LogP contribution in [-0.4, -0.2) is 40.6 Å². The number of unbranched alkanes of at least 4 members (excludes halogenated alkanes) is 1. The quantitative estimate of drug-likeness (QED) is 0.698. The van der Waals surface area contributed by atoms with Crippen LogP contribution in [0.4, 0.5) is 5.69 Å². The van der Waals surface area contributed by atoms with Crippen molar-refractivity contribution in [2.24, 2.45) is 0 Å². The third kappa shape index (κ3) is 4.34. The van der Waals surface area contributed by atoms with Gasteiger partial charge in [0.15, 0.2) is 5.69 Å². The number of nitrogens with one attached hydrogen (secondary N) is 1. The summed E-state index contributed by atoms with van der Waals surface area (Å²) < 4.78 is 1.36. The lowest BCUT2D eigenvalue weighted by atomic mass is 10.1. The SMILES string of the molecule is CCCCn1nc(C(=O)Nc2ccc(C(=O)N(C)C)cc2)c2ccccc2c1=O. The van der Waals surface area contributed by atoms with E-state index in [9.17, 15) is 14.4 Å².